The molecule has 1 aliphatic heterocycles. The SMILES string of the molecule is COCC[C@H](c1ccc(C(=O)NCc2nn[nH]n2)cc1)N1C(=O)C(c2cc(Cl)cc(Cl)c2)=NC12CCC(C(C)(C)C)CC2. The van der Waals surface area contributed by atoms with Crippen LogP contribution >= 0.6 is 23.2 Å². The summed E-state index contributed by atoms with van der Waals surface area (Å²) >= 11 is 12.7. The maximum Gasteiger partial charge on any atom is 0.275 e. The number of halogens is 2. The van der Waals surface area contributed by atoms with Crippen molar-refractivity contribution in [2.75, 3.05) is 13.7 Å². The standard InChI is InChI=1S/C31H37Cl2N7O3/c1-30(2,3)22-9-12-31(13-10-22)35-27(21-15-23(32)17-24(33)16-21)29(42)40(31)25(11-14-43-4)19-5-7-20(8-6-19)28(41)34-18-26-36-38-39-37-26/h5-8,15-17,22,25H,9-14,18H2,1-4H3,(H,34,41)(H,36,37,38,39)/t22?,25-,31?/m1/s1. The number of methoxy groups -OCH3 is 1. The second kappa shape index (κ2) is 12.7. The van der Waals surface area contributed by atoms with Crippen molar-refractivity contribution in [3.05, 3.63) is 75.0 Å². The largest absolute Gasteiger partial charge is 0.385 e. The number of nitrogens with zero attached hydrogens (tertiary/aromatic N) is 5. The lowest BCUT2D eigenvalue weighted by Crippen LogP contribution is -2.51. The van der Waals surface area contributed by atoms with E-state index in [-0.39, 0.29) is 29.8 Å². The lowest BCUT2D eigenvalue weighted by molar-refractivity contribution is -0.134. The number of carbonyl (C=O) groups is 2. The van der Waals surface area contributed by atoms with Gasteiger partial charge in [-0.2, -0.15) is 5.21 Å². The van der Waals surface area contributed by atoms with Gasteiger partial charge in [-0.25, -0.2) is 0 Å². The van der Waals surface area contributed by atoms with Gasteiger partial charge in [0.2, 0.25) is 0 Å². The minimum atomic E-state index is -0.706. The molecule has 1 atom stereocenters. The number of hydrogen-bond acceptors (Lipinski definition) is 7. The molecule has 0 bridgehead atoms. The molecule has 43 heavy (non-hydrogen) atoms. The Morgan fingerprint density at radius 3 is 2.40 bits per heavy atom. The molecule has 10 nitrogen and oxygen atoms in total. The molecule has 1 spiro atoms. The summed E-state index contributed by atoms with van der Waals surface area (Å²) < 4.78 is 5.50. The van der Waals surface area contributed by atoms with E-state index >= 15 is 0 Å². The number of aromatic nitrogens is 4. The molecule has 0 unspecified atom stereocenters. The number of tetrazole rings is 1. The number of benzene rings is 2. The normalized spacial score (nSPS) is 21.3. The molecule has 2 amide bonds. The summed E-state index contributed by atoms with van der Waals surface area (Å²) in [4.78, 5) is 34.4. The van der Waals surface area contributed by atoms with Crippen LogP contribution in [0.3, 0.4) is 0 Å². The maximum absolute atomic E-state index is 14.4. The van der Waals surface area contributed by atoms with E-state index in [1.165, 1.54) is 0 Å². The smallest absolute Gasteiger partial charge is 0.275 e. The van der Waals surface area contributed by atoms with Gasteiger partial charge in [0, 0.05) is 34.9 Å². The lowest BCUT2D eigenvalue weighted by Gasteiger charge is -2.47. The topological polar surface area (TPSA) is 125 Å². The van der Waals surface area contributed by atoms with Crippen LogP contribution in [-0.4, -0.2) is 62.4 Å². The van der Waals surface area contributed by atoms with Crippen LogP contribution in [0.1, 0.15) is 86.2 Å². The monoisotopic (exact) mass is 625 g/mol. The van der Waals surface area contributed by atoms with Crippen molar-refractivity contribution in [1.29, 1.82) is 0 Å². The molecule has 2 heterocycles. The third kappa shape index (κ3) is 6.76. The third-order valence-corrected chi connectivity index (χ3v) is 9.03. The van der Waals surface area contributed by atoms with Crippen LogP contribution in [-0.2, 0) is 16.1 Å². The molecule has 1 saturated carbocycles. The molecule has 12 heteroatoms. The quantitative estimate of drug-likeness (QED) is 0.310. The number of H-pyrrole nitrogens is 1. The van der Waals surface area contributed by atoms with Gasteiger partial charge in [-0.1, -0.05) is 61.3 Å². The zero-order chi connectivity index (χ0) is 30.8. The van der Waals surface area contributed by atoms with E-state index in [0.717, 1.165) is 31.2 Å². The van der Waals surface area contributed by atoms with E-state index in [9.17, 15) is 9.59 Å². The van der Waals surface area contributed by atoms with Crippen molar-refractivity contribution >= 4 is 40.7 Å². The first-order valence-corrected chi connectivity index (χ1v) is 15.3. The fourth-order valence-electron chi connectivity index (χ4n) is 6.27. The van der Waals surface area contributed by atoms with Gasteiger partial charge in [0.05, 0.1) is 12.6 Å². The molecule has 1 aromatic heterocycles. The Kier molecular flexibility index (Phi) is 9.20. The fraction of sp³-hybridized carbons (Fsp3) is 0.484. The first-order valence-electron chi connectivity index (χ1n) is 14.5. The van der Waals surface area contributed by atoms with E-state index in [4.69, 9.17) is 32.9 Å². The highest BCUT2D eigenvalue weighted by Crippen LogP contribution is 2.49. The van der Waals surface area contributed by atoms with Gasteiger partial charge in [0.25, 0.3) is 11.8 Å². The molecular formula is C31H37Cl2N7O3. The Hall–Kier alpha value is -3.34. The average molecular weight is 627 g/mol. The predicted octanol–water partition coefficient (Wildman–Crippen LogP) is 5.78. The molecule has 5 rings (SSSR count). The number of amides is 2. The van der Waals surface area contributed by atoms with Gasteiger partial charge in [0.15, 0.2) is 5.82 Å². The predicted molar refractivity (Wildman–Crippen MR) is 165 cm³/mol. The number of aromatic amines is 1. The average Bonchev–Trinajstić information content (AvgIpc) is 3.58. The third-order valence-electron chi connectivity index (χ3n) is 8.60. The van der Waals surface area contributed by atoms with Gasteiger partial charge in [-0.15, -0.1) is 10.2 Å². The van der Waals surface area contributed by atoms with E-state index in [1.54, 1.807) is 37.4 Å². The fourth-order valence-corrected chi connectivity index (χ4v) is 6.80. The van der Waals surface area contributed by atoms with E-state index < -0.39 is 5.66 Å². The maximum atomic E-state index is 14.4. The number of carbonyl (C=O) groups excluding carboxylic acids is 2. The number of hydrogen-bond donors (Lipinski definition) is 2. The molecular weight excluding hydrogens is 589 g/mol. The molecule has 1 aliphatic carbocycles. The molecule has 1 fully saturated rings. The highest BCUT2D eigenvalue weighted by Gasteiger charge is 2.52. The van der Waals surface area contributed by atoms with Crippen LogP contribution in [0.5, 0.6) is 0 Å². The summed E-state index contributed by atoms with van der Waals surface area (Å²) in [6.07, 6.45) is 3.97. The van der Waals surface area contributed by atoms with Crippen molar-refractivity contribution in [1.82, 2.24) is 30.8 Å². The molecule has 0 radical (unpaired) electrons. The van der Waals surface area contributed by atoms with Crippen molar-refractivity contribution < 1.29 is 14.3 Å². The van der Waals surface area contributed by atoms with Crippen LogP contribution in [0.2, 0.25) is 10.0 Å². The lowest BCUT2D eigenvalue weighted by atomic mass is 9.69. The van der Waals surface area contributed by atoms with Crippen LogP contribution in [0.4, 0.5) is 0 Å². The summed E-state index contributed by atoms with van der Waals surface area (Å²) in [6.45, 7) is 7.42. The molecule has 2 aromatic carbocycles. The van der Waals surface area contributed by atoms with Crippen molar-refractivity contribution in [3.8, 4) is 0 Å². The van der Waals surface area contributed by atoms with Gasteiger partial charge >= 0.3 is 0 Å². The Morgan fingerprint density at radius 2 is 1.81 bits per heavy atom. The first-order chi connectivity index (χ1) is 20.5. The highest BCUT2D eigenvalue weighted by molar-refractivity contribution is 6.47. The van der Waals surface area contributed by atoms with Gasteiger partial charge in [-0.05, 0) is 79.3 Å². The van der Waals surface area contributed by atoms with E-state index in [2.05, 4.69) is 46.7 Å². The summed E-state index contributed by atoms with van der Waals surface area (Å²) in [5, 5.41) is 17.3. The summed E-state index contributed by atoms with van der Waals surface area (Å²) in [5.74, 6) is 0.496. The van der Waals surface area contributed by atoms with Crippen LogP contribution < -0.4 is 5.32 Å². The minimum absolute atomic E-state index is 0.154. The Balaban J connectivity index is 1.48. The number of aliphatic imine (C=N–C) groups is 1. The number of nitrogens with one attached hydrogen (secondary N) is 2. The van der Waals surface area contributed by atoms with Crippen molar-refractivity contribution in [2.45, 2.75) is 71.1 Å². The van der Waals surface area contributed by atoms with Gasteiger partial charge in [-0.3, -0.25) is 14.6 Å². The van der Waals surface area contributed by atoms with E-state index in [1.807, 2.05) is 17.0 Å². The van der Waals surface area contributed by atoms with Crippen molar-refractivity contribution in [3.63, 3.8) is 0 Å². The summed E-state index contributed by atoms with van der Waals surface area (Å²) in [5.41, 5.74) is 1.83. The van der Waals surface area contributed by atoms with Gasteiger partial charge in [0.1, 0.15) is 11.4 Å². The highest BCUT2D eigenvalue weighted by atomic mass is 35.5. The van der Waals surface area contributed by atoms with Crippen LogP contribution in [0, 0.1) is 11.3 Å². The Bertz CT molecular complexity index is 1460. The number of ether oxygens (including phenoxy) is 1. The zero-order valence-electron chi connectivity index (χ0n) is 24.9. The van der Waals surface area contributed by atoms with E-state index in [0.29, 0.717) is 51.7 Å². The summed E-state index contributed by atoms with van der Waals surface area (Å²) in [7, 11) is 1.65. The van der Waals surface area contributed by atoms with Crippen LogP contribution in [0.25, 0.3) is 0 Å². The molecule has 3 aromatic rings. The molecule has 0 saturated heterocycles. The van der Waals surface area contributed by atoms with Crippen molar-refractivity contribution in [2.24, 2.45) is 16.3 Å². The Morgan fingerprint density at radius 1 is 1.14 bits per heavy atom. The Labute approximate surface area is 261 Å². The summed E-state index contributed by atoms with van der Waals surface area (Å²) in [6, 6.07) is 12.1. The minimum Gasteiger partial charge on any atom is -0.385 e. The molecule has 2 N–H and O–H groups in total. The second-order valence-corrected chi connectivity index (χ2v) is 13.2. The first kappa shape index (κ1) is 31.1. The second-order valence-electron chi connectivity index (χ2n) is 12.3. The molecule has 2 aliphatic rings. The van der Waals surface area contributed by atoms with Gasteiger partial charge < -0.3 is 15.0 Å². The van der Waals surface area contributed by atoms with Crippen LogP contribution in [0.15, 0.2) is 47.5 Å². The molecule has 228 valence electrons. The number of rotatable bonds is 9. The zero-order valence-corrected chi connectivity index (χ0v) is 26.4.